The SMILES string of the molecule is COC1(OC2(OC)CCN(c3ccccc3-c3ccccc3F)CC2)CCN(c2ccccc2-c2ccccc2F)CC1. The van der Waals surface area contributed by atoms with Crippen LogP contribution in [0.3, 0.4) is 0 Å². The van der Waals surface area contributed by atoms with E-state index in [9.17, 15) is 8.78 Å². The first-order chi connectivity index (χ1) is 21.0. The van der Waals surface area contributed by atoms with Crippen LogP contribution in [-0.2, 0) is 14.2 Å². The highest BCUT2D eigenvalue weighted by Gasteiger charge is 2.46. The molecule has 0 aromatic heterocycles. The lowest BCUT2D eigenvalue weighted by molar-refractivity contribution is -0.358. The second kappa shape index (κ2) is 12.4. The van der Waals surface area contributed by atoms with Crippen LogP contribution in [-0.4, -0.2) is 52.0 Å². The van der Waals surface area contributed by atoms with Crippen molar-refractivity contribution in [3.05, 3.63) is 109 Å². The molecule has 0 N–H and O–H groups in total. The molecule has 4 aromatic rings. The number of benzene rings is 4. The highest BCUT2D eigenvalue weighted by molar-refractivity contribution is 5.80. The number of hydrogen-bond acceptors (Lipinski definition) is 5. The van der Waals surface area contributed by atoms with Gasteiger partial charge in [0.15, 0.2) is 11.6 Å². The average Bonchev–Trinajstić information content (AvgIpc) is 3.06. The molecule has 2 aliphatic heterocycles. The van der Waals surface area contributed by atoms with Crippen LogP contribution in [0.5, 0.6) is 0 Å². The summed E-state index contributed by atoms with van der Waals surface area (Å²) < 4.78 is 48.4. The van der Waals surface area contributed by atoms with Gasteiger partial charge >= 0.3 is 0 Å². The molecule has 0 aliphatic carbocycles. The van der Waals surface area contributed by atoms with E-state index in [0.29, 0.717) is 63.0 Å². The zero-order chi connectivity index (χ0) is 29.9. The minimum absolute atomic E-state index is 0.230. The molecular weight excluding hydrogens is 546 g/mol. The number of rotatable bonds is 8. The summed E-state index contributed by atoms with van der Waals surface area (Å²) in [6.45, 7) is 2.78. The van der Waals surface area contributed by atoms with Gasteiger partial charge < -0.3 is 24.0 Å². The van der Waals surface area contributed by atoms with Crippen LogP contribution in [0.2, 0.25) is 0 Å². The highest BCUT2D eigenvalue weighted by Crippen LogP contribution is 2.42. The third-order valence-electron chi connectivity index (χ3n) is 8.98. The molecule has 2 saturated heterocycles. The zero-order valence-electron chi connectivity index (χ0n) is 24.8. The Balaban J connectivity index is 1.16. The second-order valence-corrected chi connectivity index (χ2v) is 11.3. The Morgan fingerprint density at radius 2 is 0.814 bits per heavy atom. The van der Waals surface area contributed by atoms with E-state index in [1.54, 1.807) is 26.4 Å². The first kappa shape index (κ1) is 29.3. The van der Waals surface area contributed by atoms with E-state index in [1.165, 1.54) is 12.1 Å². The molecule has 43 heavy (non-hydrogen) atoms. The number of nitrogens with zero attached hydrogens (tertiary/aromatic N) is 2. The van der Waals surface area contributed by atoms with Gasteiger partial charge in [-0.3, -0.25) is 0 Å². The summed E-state index contributed by atoms with van der Waals surface area (Å²) >= 11 is 0. The summed E-state index contributed by atoms with van der Waals surface area (Å²) in [5.74, 6) is -2.06. The van der Waals surface area contributed by atoms with E-state index >= 15 is 0 Å². The van der Waals surface area contributed by atoms with Crippen LogP contribution in [0.4, 0.5) is 20.2 Å². The molecule has 0 radical (unpaired) electrons. The quantitative estimate of drug-likeness (QED) is 0.197. The molecule has 0 bridgehead atoms. The monoisotopic (exact) mass is 584 g/mol. The van der Waals surface area contributed by atoms with Crippen LogP contribution in [0.15, 0.2) is 97.1 Å². The van der Waals surface area contributed by atoms with Gasteiger partial charge in [0.1, 0.15) is 11.6 Å². The maximum Gasteiger partial charge on any atom is 0.174 e. The predicted molar refractivity (Wildman–Crippen MR) is 167 cm³/mol. The van der Waals surface area contributed by atoms with Gasteiger partial charge in [-0.25, -0.2) is 8.78 Å². The molecule has 2 heterocycles. The molecule has 5 nitrogen and oxygen atoms in total. The lowest BCUT2D eigenvalue weighted by Gasteiger charge is -2.49. The number of hydrogen-bond donors (Lipinski definition) is 0. The van der Waals surface area contributed by atoms with Crippen molar-refractivity contribution in [2.24, 2.45) is 0 Å². The fourth-order valence-corrected chi connectivity index (χ4v) is 6.52. The summed E-state index contributed by atoms with van der Waals surface area (Å²) in [6.07, 6.45) is 2.56. The van der Waals surface area contributed by atoms with E-state index in [4.69, 9.17) is 14.2 Å². The Hall–Kier alpha value is -3.78. The van der Waals surface area contributed by atoms with E-state index in [1.807, 2.05) is 72.8 Å². The number of anilines is 2. The van der Waals surface area contributed by atoms with Gasteiger partial charge in [-0.1, -0.05) is 72.8 Å². The molecule has 0 amide bonds. The lowest BCUT2D eigenvalue weighted by Crippen LogP contribution is -2.56. The number of halogens is 2. The summed E-state index contributed by atoms with van der Waals surface area (Å²) in [5, 5.41) is 0. The van der Waals surface area contributed by atoms with Gasteiger partial charge in [-0.15, -0.1) is 0 Å². The molecule has 2 aliphatic rings. The van der Waals surface area contributed by atoms with Crippen molar-refractivity contribution in [2.45, 2.75) is 37.3 Å². The molecule has 4 aromatic carbocycles. The van der Waals surface area contributed by atoms with E-state index in [-0.39, 0.29) is 11.6 Å². The van der Waals surface area contributed by atoms with Crippen LogP contribution < -0.4 is 9.80 Å². The second-order valence-electron chi connectivity index (χ2n) is 11.3. The van der Waals surface area contributed by atoms with Crippen molar-refractivity contribution < 1.29 is 23.0 Å². The number of methoxy groups -OCH3 is 2. The van der Waals surface area contributed by atoms with Crippen molar-refractivity contribution in [2.75, 3.05) is 50.2 Å². The number of ether oxygens (including phenoxy) is 3. The van der Waals surface area contributed by atoms with Crippen LogP contribution in [0.1, 0.15) is 25.7 Å². The predicted octanol–water partition coefficient (Wildman–Crippen LogP) is 7.90. The third kappa shape index (κ3) is 5.90. The zero-order valence-corrected chi connectivity index (χ0v) is 24.8. The van der Waals surface area contributed by atoms with Crippen molar-refractivity contribution in [3.63, 3.8) is 0 Å². The normalized spacial score (nSPS) is 18.0. The Morgan fingerprint density at radius 3 is 1.16 bits per heavy atom. The highest BCUT2D eigenvalue weighted by atomic mass is 19.1. The Kier molecular flexibility index (Phi) is 8.48. The molecule has 224 valence electrons. The first-order valence-corrected chi connectivity index (χ1v) is 14.9. The van der Waals surface area contributed by atoms with Crippen LogP contribution in [0.25, 0.3) is 22.3 Å². The minimum atomic E-state index is -0.799. The first-order valence-electron chi connectivity index (χ1n) is 14.9. The Morgan fingerprint density at radius 1 is 0.488 bits per heavy atom. The maximum atomic E-state index is 14.7. The summed E-state index contributed by atoms with van der Waals surface area (Å²) in [4.78, 5) is 4.56. The van der Waals surface area contributed by atoms with Gasteiger partial charge in [-0.05, 0) is 24.3 Å². The Bertz CT molecular complexity index is 1430. The molecule has 6 rings (SSSR count). The molecule has 0 unspecified atom stereocenters. The number of para-hydroxylation sites is 2. The molecule has 0 saturated carbocycles. The van der Waals surface area contributed by atoms with Crippen molar-refractivity contribution in [1.29, 1.82) is 0 Å². The van der Waals surface area contributed by atoms with Gasteiger partial charge in [-0.2, -0.15) is 0 Å². The standard InChI is InChI=1S/C36H38F2N2O3/c1-41-35(19-23-39(24-20-35)33-17-9-5-13-29(33)27-11-3-7-15-31(27)37)43-36(42-2)21-25-40(26-22-36)34-18-10-6-14-30(34)28-12-4-8-16-32(28)38/h3-18H,19-26H2,1-2H3. The van der Waals surface area contributed by atoms with Gasteiger partial charge in [0.2, 0.25) is 0 Å². The third-order valence-corrected chi connectivity index (χ3v) is 8.98. The fraction of sp³-hybridized carbons (Fsp3) is 0.333. The van der Waals surface area contributed by atoms with E-state index in [0.717, 1.165) is 22.5 Å². The smallest absolute Gasteiger partial charge is 0.174 e. The summed E-state index contributed by atoms with van der Waals surface area (Å²) in [6, 6.07) is 29.7. The fourth-order valence-electron chi connectivity index (χ4n) is 6.52. The molecular formula is C36H38F2N2O3. The number of piperidine rings is 2. The molecule has 7 heteroatoms. The van der Waals surface area contributed by atoms with Gasteiger partial charge in [0, 0.05) is 99.7 Å². The van der Waals surface area contributed by atoms with E-state index < -0.39 is 11.6 Å². The van der Waals surface area contributed by atoms with Gasteiger partial charge in [0.25, 0.3) is 0 Å². The van der Waals surface area contributed by atoms with Gasteiger partial charge in [0.05, 0.1) is 0 Å². The maximum absolute atomic E-state index is 14.7. The van der Waals surface area contributed by atoms with Crippen molar-refractivity contribution in [1.82, 2.24) is 0 Å². The summed E-state index contributed by atoms with van der Waals surface area (Å²) in [5.41, 5.74) is 4.95. The van der Waals surface area contributed by atoms with E-state index in [2.05, 4.69) is 9.80 Å². The van der Waals surface area contributed by atoms with Crippen LogP contribution in [0, 0.1) is 11.6 Å². The summed E-state index contributed by atoms with van der Waals surface area (Å²) in [7, 11) is 3.40. The Labute approximate surface area is 252 Å². The topological polar surface area (TPSA) is 34.2 Å². The van der Waals surface area contributed by atoms with Crippen LogP contribution >= 0.6 is 0 Å². The van der Waals surface area contributed by atoms with Crippen molar-refractivity contribution in [3.8, 4) is 22.3 Å². The molecule has 0 atom stereocenters. The molecule has 0 spiro atoms. The minimum Gasteiger partial charge on any atom is -0.371 e. The average molecular weight is 585 g/mol. The van der Waals surface area contributed by atoms with Crippen molar-refractivity contribution >= 4 is 11.4 Å². The lowest BCUT2D eigenvalue weighted by atomic mass is 9.96. The largest absolute Gasteiger partial charge is 0.371 e. The molecule has 2 fully saturated rings.